The minimum atomic E-state index is -2.98. The molecule has 1 aromatic heterocycles. The van der Waals surface area contributed by atoms with Gasteiger partial charge < -0.3 is 10.2 Å². The fourth-order valence-electron chi connectivity index (χ4n) is 1.93. The van der Waals surface area contributed by atoms with Crippen molar-refractivity contribution in [1.82, 2.24) is 4.98 Å². The molecule has 2 heterocycles. The zero-order chi connectivity index (χ0) is 12.6. The Kier molecular flexibility index (Phi) is 3.05. The molecule has 94 valence electrons. The van der Waals surface area contributed by atoms with Crippen LogP contribution in [-0.2, 0) is 9.84 Å². The molecule has 7 heteroatoms. The monoisotopic (exact) mass is 258 g/mol. The molecule has 1 aliphatic heterocycles. The van der Waals surface area contributed by atoms with E-state index >= 15 is 0 Å². The SMILES string of the molecule is Cc1nc(C2CCS(=O)(=O)C2)oc1C(=O)CN. The Morgan fingerprint density at radius 3 is 2.82 bits per heavy atom. The highest BCUT2D eigenvalue weighted by Gasteiger charge is 2.33. The summed E-state index contributed by atoms with van der Waals surface area (Å²) in [4.78, 5) is 15.5. The molecule has 1 aromatic rings. The van der Waals surface area contributed by atoms with E-state index in [4.69, 9.17) is 10.2 Å². The zero-order valence-electron chi connectivity index (χ0n) is 9.47. The lowest BCUT2D eigenvalue weighted by molar-refractivity contribution is 0.0972. The predicted octanol–water partition coefficient (Wildman–Crippen LogP) is 0.0265. The maximum absolute atomic E-state index is 11.4. The van der Waals surface area contributed by atoms with Crippen LogP contribution in [0.1, 0.15) is 34.5 Å². The Labute approximate surface area is 99.1 Å². The first kappa shape index (κ1) is 12.3. The van der Waals surface area contributed by atoms with Gasteiger partial charge in [0.1, 0.15) is 0 Å². The molecule has 2 rings (SSSR count). The van der Waals surface area contributed by atoms with Crippen molar-refractivity contribution in [3.05, 3.63) is 17.3 Å². The summed E-state index contributed by atoms with van der Waals surface area (Å²) in [5.41, 5.74) is 5.72. The highest BCUT2D eigenvalue weighted by molar-refractivity contribution is 7.91. The van der Waals surface area contributed by atoms with Crippen molar-refractivity contribution in [2.24, 2.45) is 5.73 Å². The number of aryl methyl sites for hydroxylation is 1. The van der Waals surface area contributed by atoms with E-state index in [1.54, 1.807) is 6.92 Å². The van der Waals surface area contributed by atoms with Crippen molar-refractivity contribution in [3.8, 4) is 0 Å². The molecular formula is C10H14N2O4S. The van der Waals surface area contributed by atoms with E-state index in [1.807, 2.05) is 0 Å². The maximum atomic E-state index is 11.4. The quantitative estimate of drug-likeness (QED) is 0.767. The van der Waals surface area contributed by atoms with Crippen LogP contribution in [0.25, 0.3) is 0 Å². The lowest BCUT2D eigenvalue weighted by Gasteiger charge is -2.00. The van der Waals surface area contributed by atoms with Gasteiger partial charge >= 0.3 is 0 Å². The van der Waals surface area contributed by atoms with Gasteiger partial charge in [-0.3, -0.25) is 4.79 Å². The third-order valence-electron chi connectivity index (χ3n) is 2.83. The second-order valence-electron chi connectivity index (χ2n) is 4.19. The molecule has 2 N–H and O–H groups in total. The Morgan fingerprint density at radius 2 is 2.29 bits per heavy atom. The van der Waals surface area contributed by atoms with Gasteiger partial charge in [-0.15, -0.1) is 0 Å². The number of aromatic nitrogens is 1. The molecule has 0 saturated carbocycles. The van der Waals surface area contributed by atoms with E-state index in [-0.39, 0.29) is 35.5 Å². The van der Waals surface area contributed by atoms with Crippen LogP contribution in [0.5, 0.6) is 0 Å². The van der Waals surface area contributed by atoms with Crippen molar-refractivity contribution in [3.63, 3.8) is 0 Å². The molecular weight excluding hydrogens is 244 g/mol. The number of sulfone groups is 1. The van der Waals surface area contributed by atoms with Gasteiger partial charge in [-0.05, 0) is 13.3 Å². The molecule has 1 saturated heterocycles. The van der Waals surface area contributed by atoms with E-state index in [9.17, 15) is 13.2 Å². The zero-order valence-corrected chi connectivity index (χ0v) is 10.3. The first-order valence-corrected chi connectivity index (χ1v) is 7.16. The van der Waals surface area contributed by atoms with E-state index in [2.05, 4.69) is 4.98 Å². The number of carbonyl (C=O) groups excluding carboxylic acids is 1. The number of rotatable bonds is 3. The van der Waals surface area contributed by atoms with Crippen LogP contribution in [0.15, 0.2) is 4.42 Å². The summed E-state index contributed by atoms with van der Waals surface area (Å²) in [6.07, 6.45) is 0.499. The molecule has 0 radical (unpaired) electrons. The van der Waals surface area contributed by atoms with E-state index in [0.29, 0.717) is 18.0 Å². The first-order valence-electron chi connectivity index (χ1n) is 5.34. The molecule has 1 atom stereocenters. The Bertz CT molecular complexity index is 547. The summed E-state index contributed by atoms with van der Waals surface area (Å²) >= 11 is 0. The lowest BCUT2D eigenvalue weighted by Crippen LogP contribution is -2.13. The third-order valence-corrected chi connectivity index (χ3v) is 4.60. The maximum Gasteiger partial charge on any atom is 0.213 e. The van der Waals surface area contributed by atoms with Crippen LogP contribution < -0.4 is 5.73 Å². The third kappa shape index (κ3) is 2.39. The molecule has 1 aliphatic rings. The number of nitrogens with zero attached hydrogens (tertiary/aromatic N) is 1. The van der Waals surface area contributed by atoms with Gasteiger partial charge in [0, 0.05) is 0 Å². The van der Waals surface area contributed by atoms with Crippen LogP contribution >= 0.6 is 0 Å². The van der Waals surface area contributed by atoms with Crippen LogP contribution in [0, 0.1) is 6.92 Å². The Morgan fingerprint density at radius 1 is 1.59 bits per heavy atom. The Balaban J connectivity index is 2.27. The van der Waals surface area contributed by atoms with E-state index in [0.717, 1.165) is 0 Å². The summed E-state index contributed by atoms with van der Waals surface area (Å²) in [7, 11) is -2.98. The van der Waals surface area contributed by atoms with Gasteiger partial charge in [0.2, 0.25) is 5.78 Å². The fraction of sp³-hybridized carbons (Fsp3) is 0.600. The van der Waals surface area contributed by atoms with Crippen molar-refractivity contribution in [1.29, 1.82) is 0 Å². The average molecular weight is 258 g/mol. The topological polar surface area (TPSA) is 103 Å². The van der Waals surface area contributed by atoms with Crippen molar-refractivity contribution < 1.29 is 17.6 Å². The molecule has 0 bridgehead atoms. The van der Waals surface area contributed by atoms with Gasteiger partial charge in [-0.1, -0.05) is 0 Å². The van der Waals surface area contributed by atoms with Crippen molar-refractivity contribution >= 4 is 15.6 Å². The summed E-state index contributed by atoms with van der Waals surface area (Å²) in [6, 6.07) is 0. The summed E-state index contributed by atoms with van der Waals surface area (Å²) in [5.74, 6) is 0.120. The molecule has 0 aliphatic carbocycles. The molecule has 0 spiro atoms. The fourth-order valence-corrected chi connectivity index (χ4v) is 3.67. The van der Waals surface area contributed by atoms with Crippen LogP contribution in [0.4, 0.5) is 0 Å². The summed E-state index contributed by atoms with van der Waals surface area (Å²) in [5, 5.41) is 0. The molecule has 6 nitrogen and oxygen atoms in total. The second-order valence-corrected chi connectivity index (χ2v) is 6.42. The van der Waals surface area contributed by atoms with E-state index < -0.39 is 9.84 Å². The highest BCUT2D eigenvalue weighted by Crippen LogP contribution is 2.29. The van der Waals surface area contributed by atoms with Gasteiger partial charge in [0.05, 0.1) is 29.7 Å². The summed E-state index contributed by atoms with van der Waals surface area (Å²) in [6.45, 7) is 1.51. The number of oxazole rings is 1. The molecule has 0 amide bonds. The van der Waals surface area contributed by atoms with Crippen molar-refractivity contribution in [2.75, 3.05) is 18.1 Å². The lowest BCUT2D eigenvalue weighted by atomic mass is 10.1. The molecule has 1 unspecified atom stereocenters. The second kappa shape index (κ2) is 4.23. The molecule has 0 aromatic carbocycles. The highest BCUT2D eigenvalue weighted by atomic mass is 32.2. The van der Waals surface area contributed by atoms with Crippen LogP contribution in [0.2, 0.25) is 0 Å². The van der Waals surface area contributed by atoms with E-state index in [1.165, 1.54) is 0 Å². The molecule has 1 fully saturated rings. The average Bonchev–Trinajstić information content (AvgIpc) is 2.80. The number of hydrogen-bond donors (Lipinski definition) is 1. The largest absolute Gasteiger partial charge is 0.437 e. The van der Waals surface area contributed by atoms with Crippen molar-refractivity contribution in [2.45, 2.75) is 19.3 Å². The summed E-state index contributed by atoms with van der Waals surface area (Å²) < 4.78 is 28.0. The Hall–Kier alpha value is -1.21. The number of hydrogen-bond acceptors (Lipinski definition) is 6. The smallest absolute Gasteiger partial charge is 0.213 e. The predicted molar refractivity (Wildman–Crippen MR) is 60.6 cm³/mol. The normalized spacial score (nSPS) is 22.8. The van der Waals surface area contributed by atoms with Gasteiger partial charge in [-0.2, -0.15) is 0 Å². The number of Topliss-reactive ketones (excluding diaryl/α,β-unsaturated/α-hetero) is 1. The minimum Gasteiger partial charge on any atom is -0.437 e. The number of nitrogens with two attached hydrogens (primary N) is 1. The standard InChI is InChI=1S/C10H14N2O4S/c1-6-9(8(13)4-11)16-10(12-6)7-2-3-17(14,15)5-7/h7H,2-5,11H2,1H3. The van der Waals surface area contributed by atoms with Crippen LogP contribution in [-0.4, -0.2) is 37.2 Å². The van der Waals surface area contributed by atoms with Crippen LogP contribution in [0.3, 0.4) is 0 Å². The minimum absolute atomic E-state index is 0.0449. The first-order chi connectivity index (χ1) is 7.93. The van der Waals surface area contributed by atoms with Gasteiger partial charge in [0.25, 0.3) is 0 Å². The van der Waals surface area contributed by atoms with Gasteiger partial charge in [-0.25, -0.2) is 13.4 Å². The number of ketones is 1. The van der Waals surface area contributed by atoms with Gasteiger partial charge in [0.15, 0.2) is 21.5 Å². The molecule has 17 heavy (non-hydrogen) atoms. The number of carbonyl (C=O) groups is 1.